The van der Waals surface area contributed by atoms with Gasteiger partial charge in [-0.05, 0) is 70.6 Å². The van der Waals surface area contributed by atoms with Gasteiger partial charge < -0.3 is 25.7 Å². The van der Waals surface area contributed by atoms with Gasteiger partial charge in [-0.25, -0.2) is 0 Å². The third-order valence-corrected chi connectivity index (χ3v) is 13.1. The Labute approximate surface area is 392 Å². The van der Waals surface area contributed by atoms with Crippen molar-refractivity contribution in [3.63, 3.8) is 0 Å². The van der Waals surface area contributed by atoms with Crippen molar-refractivity contribution in [1.29, 1.82) is 0 Å². The van der Waals surface area contributed by atoms with E-state index in [-0.39, 0.29) is 0 Å². The minimum absolute atomic E-state index is 0.356. The van der Waals surface area contributed by atoms with Gasteiger partial charge in [0.25, 0.3) is 0 Å². The fourth-order valence-corrected chi connectivity index (χ4v) is 8.67. The zero-order valence-electron chi connectivity index (χ0n) is 42.1. The van der Waals surface area contributed by atoms with Crippen molar-refractivity contribution < 1.29 is 25.2 Å². The van der Waals surface area contributed by atoms with Crippen LogP contribution in [-0.4, -0.2) is 57.3 Å². The Morgan fingerprint density at radius 1 is 0.397 bits per heavy atom. The van der Waals surface area contributed by atoms with Crippen LogP contribution in [0.2, 0.25) is 0 Å². The van der Waals surface area contributed by atoms with Gasteiger partial charge >= 0.3 is 0 Å². The molecule has 0 aromatic heterocycles. The van der Waals surface area contributed by atoms with Crippen molar-refractivity contribution in [2.24, 2.45) is 0 Å². The molecule has 0 fully saturated rings. The summed E-state index contributed by atoms with van der Waals surface area (Å²) < 4.78 is 0. The maximum Gasteiger partial charge on any atom is 0.249 e. The van der Waals surface area contributed by atoms with Gasteiger partial charge in [-0.1, -0.05) is 256 Å². The summed E-state index contributed by atoms with van der Waals surface area (Å²) in [7, 11) is 0. The summed E-state index contributed by atoms with van der Waals surface area (Å²) in [5.41, 5.74) is 0. The minimum atomic E-state index is -1.29. The lowest BCUT2D eigenvalue weighted by Gasteiger charge is -2.27. The highest BCUT2D eigenvalue weighted by Gasteiger charge is 2.28. The third-order valence-electron chi connectivity index (χ3n) is 13.1. The molecule has 6 nitrogen and oxygen atoms in total. The lowest BCUT2D eigenvalue weighted by atomic mass is 10.00. The SMILES string of the molecule is CCCCCCCCCCC/C=C\C/C=C\CCCCCCCCCCC(O)C(=O)NC(CO)C(O)C(O)CCC/C=C/CCCCCCCCCCCCCCCCCCCC. The Morgan fingerprint density at radius 3 is 1.05 bits per heavy atom. The molecule has 0 aliphatic rings. The molecule has 4 atom stereocenters. The van der Waals surface area contributed by atoms with E-state index in [9.17, 15) is 25.2 Å². The Bertz CT molecular complexity index is 997. The van der Waals surface area contributed by atoms with Gasteiger partial charge in [-0.3, -0.25) is 4.79 Å². The van der Waals surface area contributed by atoms with Crippen molar-refractivity contribution in [2.75, 3.05) is 6.61 Å². The molecule has 0 bridgehead atoms. The number of nitrogens with one attached hydrogen (secondary N) is 1. The van der Waals surface area contributed by atoms with Gasteiger partial charge in [0.05, 0.1) is 18.8 Å². The van der Waals surface area contributed by atoms with E-state index in [1.54, 1.807) is 0 Å². The highest BCUT2D eigenvalue weighted by atomic mass is 16.3. The molecule has 0 aromatic carbocycles. The molecule has 372 valence electrons. The number of aliphatic hydroxyl groups is 4. The molecule has 63 heavy (non-hydrogen) atoms. The Hall–Kier alpha value is -1.47. The molecule has 6 heteroatoms. The van der Waals surface area contributed by atoms with E-state index in [1.807, 2.05) is 0 Å². The van der Waals surface area contributed by atoms with E-state index >= 15 is 0 Å². The Kier molecular flexibility index (Phi) is 50.3. The number of hydrogen-bond donors (Lipinski definition) is 5. The first kappa shape index (κ1) is 61.5. The average Bonchev–Trinajstić information content (AvgIpc) is 3.29. The van der Waals surface area contributed by atoms with Gasteiger partial charge in [-0.15, -0.1) is 0 Å². The van der Waals surface area contributed by atoms with Gasteiger partial charge in [0, 0.05) is 0 Å². The zero-order chi connectivity index (χ0) is 45.9. The smallest absolute Gasteiger partial charge is 0.249 e. The van der Waals surface area contributed by atoms with Crippen molar-refractivity contribution in [2.45, 2.75) is 314 Å². The van der Waals surface area contributed by atoms with Crippen LogP contribution < -0.4 is 5.32 Å². The molecule has 0 radical (unpaired) electrons. The van der Waals surface area contributed by atoms with Crippen LogP contribution >= 0.6 is 0 Å². The fourth-order valence-electron chi connectivity index (χ4n) is 8.67. The number of carbonyl (C=O) groups excluding carboxylic acids is 1. The molecule has 0 aromatic rings. The second kappa shape index (κ2) is 51.5. The molecule has 5 N–H and O–H groups in total. The van der Waals surface area contributed by atoms with Crippen molar-refractivity contribution in [1.82, 2.24) is 5.32 Å². The molecule has 1 amide bonds. The highest BCUT2D eigenvalue weighted by Crippen LogP contribution is 2.17. The van der Waals surface area contributed by atoms with Gasteiger partial charge in [0.1, 0.15) is 12.2 Å². The van der Waals surface area contributed by atoms with Crippen LogP contribution in [0.3, 0.4) is 0 Å². The summed E-state index contributed by atoms with van der Waals surface area (Å²) in [6.07, 6.45) is 63.5. The number of amides is 1. The molecule has 0 spiro atoms. The molecular weight excluding hydrogens is 779 g/mol. The molecule has 0 rings (SSSR count). The molecule has 0 aliphatic heterocycles. The quantitative estimate of drug-likeness (QED) is 0.0309. The number of allylic oxidation sites excluding steroid dienone is 6. The largest absolute Gasteiger partial charge is 0.394 e. The first-order valence-corrected chi connectivity index (χ1v) is 27.9. The van der Waals surface area contributed by atoms with E-state index < -0.39 is 36.9 Å². The second-order valence-electron chi connectivity index (χ2n) is 19.3. The molecule has 0 aliphatic carbocycles. The van der Waals surface area contributed by atoms with Crippen LogP contribution in [0, 0.1) is 0 Å². The summed E-state index contributed by atoms with van der Waals surface area (Å²) in [5, 5.41) is 43.9. The maximum absolute atomic E-state index is 12.6. The molecule has 4 unspecified atom stereocenters. The highest BCUT2D eigenvalue weighted by molar-refractivity contribution is 5.80. The Balaban J connectivity index is 3.69. The Morgan fingerprint density at radius 2 is 0.698 bits per heavy atom. The lowest BCUT2D eigenvalue weighted by molar-refractivity contribution is -0.132. The average molecular weight is 889 g/mol. The van der Waals surface area contributed by atoms with Crippen LogP contribution in [0.5, 0.6) is 0 Å². The number of hydrogen-bond acceptors (Lipinski definition) is 5. The minimum Gasteiger partial charge on any atom is -0.394 e. The van der Waals surface area contributed by atoms with E-state index in [0.717, 1.165) is 51.4 Å². The van der Waals surface area contributed by atoms with Crippen LogP contribution in [0.25, 0.3) is 0 Å². The summed E-state index contributed by atoms with van der Waals surface area (Å²) >= 11 is 0. The van der Waals surface area contributed by atoms with Gasteiger partial charge in [0.15, 0.2) is 0 Å². The van der Waals surface area contributed by atoms with E-state index in [0.29, 0.717) is 12.8 Å². The predicted octanol–water partition coefficient (Wildman–Crippen LogP) is 16.0. The van der Waals surface area contributed by atoms with Gasteiger partial charge in [-0.2, -0.15) is 0 Å². The third kappa shape index (κ3) is 45.5. The van der Waals surface area contributed by atoms with Crippen molar-refractivity contribution in [3.8, 4) is 0 Å². The van der Waals surface area contributed by atoms with Crippen LogP contribution in [-0.2, 0) is 4.79 Å². The monoisotopic (exact) mass is 888 g/mol. The maximum atomic E-state index is 12.6. The number of unbranched alkanes of at least 4 members (excludes halogenated alkanes) is 36. The van der Waals surface area contributed by atoms with E-state index in [4.69, 9.17) is 0 Å². The molecule has 0 heterocycles. The summed E-state index contributed by atoms with van der Waals surface area (Å²) in [6.45, 7) is 4.07. The van der Waals surface area contributed by atoms with Crippen molar-refractivity contribution in [3.05, 3.63) is 36.5 Å². The van der Waals surface area contributed by atoms with Crippen LogP contribution in [0.1, 0.15) is 290 Å². The van der Waals surface area contributed by atoms with Crippen LogP contribution in [0.15, 0.2) is 36.5 Å². The topological polar surface area (TPSA) is 110 Å². The number of rotatable bonds is 51. The summed E-state index contributed by atoms with van der Waals surface area (Å²) in [6, 6.07) is -1.01. The molecule has 0 saturated heterocycles. The summed E-state index contributed by atoms with van der Waals surface area (Å²) in [4.78, 5) is 12.6. The van der Waals surface area contributed by atoms with E-state index in [1.165, 1.54) is 212 Å². The van der Waals surface area contributed by atoms with Crippen molar-refractivity contribution >= 4 is 5.91 Å². The number of aliphatic hydroxyl groups excluding tert-OH is 4. The van der Waals surface area contributed by atoms with E-state index in [2.05, 4.69) is 55.6 Å². The molecular formula is C57H109NO5. The zero-order valence-corrected chi connectivity index (χ0v) is 42.1. The van der Waals surface area contributed by atoms with Gasteiger partial charge in [0.2, 0.25) is 5.91 Å². The predicted molar refractivity (Wildman–Crippen MR) is 274 cm³/mol. The first-order valence-electron chi connectivity index (χ1n) is 27.9. The molecule has 0 saturated carbocycles. The standard InChI is InChI=1S/C57H109NO5/c1-3-5-7-9-11-13-15-17-19-21-23-25-27-29-31-33-35-37-39-41-43-45-47-49-51-55(61)57(63)58-53(52-59)56(62)54(60)50-48-46-44-42-40-38-36-34-32-30-28-26-24-22-20-18-16-14-12-10-8-6-4-2/h23,25,29,31,42,44,53-56,59-62H,3-22,24,26-28,30,32-41,43,45-52H2,1-2H3,(H,58,63)/b25-23-,31-29-,44-42+. The second-order valence-corrected chi connectivity index (χ2v) is 19.3. The lowest BCUT2D eigenvalue weighted by Crippen LogP contribution is -2.53. The normalized spacial score (nSPS) is 14.1. The first-order chi connectivity index (χ1) is 31.0. The number of carbonyl (C=O) groups is 1. The van der Waals surface area contributed by atoms with Crippen LogP contribution in [0.4, 0.5) is 0 Å². The summed E-state index contributed by atoms with van der Waals surface area (Å²) in [5.74, 6) is -0.595. The fraction of sp³-hybridized carbons (Fsp3) is 0.877.